The molecular formula is C21H19ClN4O. The van der Waals surface area contributed by atoms with Crippen LogP contribution in [0.1, 0.15) is 18.4 Å². The summed E-state index contributed by atoms with van der Waals surface area (Å²) in [6, 6.07) is 14.1. The molecule has 2 aromatic carbocycles. The van der Waals surface area contributed by atoms with Crippen LogP contribution in [0.25, 0.3) is 27.6 Å². The summed E-state index contributed by atoms with van der Waals surface area (Å²) in [5.74, 6) is 0.650. The Morgan fingerprint density at radius 3 is 2.67 bits per heavy atom. The summed E-state index contributed by atoms with van der Waals surface area (Å²) in [7, 11) is 2.00. The molecule has 0 aliphatic heterocycles. The molecule has 1 aliphatic carbocycles. The van der Waals surface area contributed by atoms with Gasteiger partial charge in [0.25, 0.3) is 0 Å². The molecule has 0 saturated heterocycles. The van der Waals surface area contributed by atoms with Crippen LogP contribution >= 0.6 is 11.6 Å². The fourth-order valence-corrected chi connectivity index (χ4v) is 3.92. The normalized spacial score (nSPS) is 14.2. The summed E-state index contributed by atoms with van der Waals surface area (Å²) in [4.78, 5) is 17.5. The highest BCUT2D eigenvalue weighted by Crippen LogP contribution is 2.35. The Morgan fingerprint density at radius 1 is 1.15 bits per heavy atom. The van der Waals surface area contributed by atoms with Crippen molar-refractivity contribution in [1.82, 2.24) is 14.1 Å². The summed E-state index contributed by atoms with van der Waals surface area (Å²) >= 11 is 6.30. The molecule has 2 aromatic heterocycles. The maximum atomic E-state index is 13.1. The number of benzene rings is 2. The number of fused-ring (bicyclic) bond motifs is 3. The van der Waals surface area contributed by atoms with Gasteiger partial charge in [-0.1, -0.05) is 29.8 Å². The number of anilines is 1. The number of aryl methyl sites for hydroxylation is 2. The van der Waals surface area contributed by atoms with Crippen LogP contribution in [0.3, 0.4) is 0 Å². The Labute approximate surface area is 161 Å². The van der Waals surface area contributed by atoms with Gasteiger partial charge in [0.15, 0.2) is 5.82 Å². The number of halogens is 1. The monoisotopic (exact) mass is 378 g/mol. The average molecular weight is 379 g/mol. The summed E-state index contributed by atoms with van der Waals surface area (Å²) < 4.78 is 3.80. The SMILES string of the molecule is Cc1ccccc1-n1c(=O)nc(NC2CC2)c2c1c1cc(Cl)ccc1n2C. The molecule has 5 rings (SSSR count). The van der Waals surface area contributed by atoms with Crippen molar-refractivity contribution in [1.29, 1.82) is 0 Å². The summed E-state index contributed by atoms with van der Waals surface area (Å²) in [6.45, 7) is 2.00. The molecular weight excluding hydrogens is 360 g/mol. The lowest BCUT2D eigenvalue weighted by molar-refractivity contribution is 0.927. The van der Waals surface area contributed by atoms with Gasteiger partial charge in [-0.15, -0.1) is 0 Å². The molecule has 0 unspecified atom stereocenters. The Hall–Kier alpha value is -2.79. The van der Waals surface area contributed by atoms with E-state index in [0.29, 0.717) is 16.9 Å². The Balaban J connectivity index is 1.98. The second-order valence-corrected chi connectivity index (χ2v) is 7.64. The molecule has 4 aromatic rings. The van der Waals surface area contributed by atoms with Crippen molar-refractivity contribution in [2.45, 2.75) is 25.8 Å². The van der Waals surface area contributed by atoms with Crippen LogP contribution in [-0.4, -0.2) is 20.2 Å². The van der Waals surface area contributed by atoms with Gasteiger partial charge in [0.05, 0.1) is 16.7 Å². The second kappa shape index (κ2) is 5.86. The fraction of sp³-hybridized carbons (Fsp3) is 0.238. The standard InChI is InChI=1S/C21H19ClN4O/c1-12-5-3-4-6-16(12)26-18-15-11-13(22)7-10-17(15)25(2)19(18)20(24-21(26)27)23-14-8-9-14/h3-7,10-11,14H,8-9H2,1-2H3,(H,23,24,27). The summed E-state index contributed by atoms with van der Waals surface area (Å²) in [6.07, 6.45) is 2.22. The summed E-state index contributed by atoms with van der Waals surface area (Å²) in [5.41, 5.74) is 4.35. The van der Waals surface area contributed by atoms with Gasteiger partial charge in [-0.25, -0.2) is 4.79 Å². The zero-order valence-electron chi connectivity index (χ0n) is 15.2. The highest BCUT2D eigenvalue weighted by Gasteiger charge is 2.26. The van der Waals surface area contributed by atoms with E-state index in [9.17, 15) is 4.79 Å². The van der Waals surface area contributed by atoms with Gasteiger partial charge in [0.1, 0.15) is 5.52 Å². The smallest absolute Gasteiger partial charge is 0.354 e. The van der Waals surface area contributed by atoms with Gasteiger partial charge < -0.3 is 9.88 Å². The van der Waals surface area contributed by atoms with Crippen molar-refractivity contribution in [2.24, 2.45) is 7.05 Å². The Kier molecular flexibility index (Phi) is 3.56. The molecule has 1 fully saturated rings. The number of hydrogen-bond acceptors (Lipinski definition) is 3. The van der Waals surface area contributed by atoms with Crippen molar-refractivity contribution in [3.05, 3.63) is 63.5 Å². The minimum Gasteiger partial charge on any atom is -0.365 e. The minimum absolute atomic E-state index is 0.285. The van der Waals surface area contributed by atoms with Crippen LogP contribution in [0.2, 0.25) is 5.02 Å². The van der Waals surface area contributed by atoms with Crippen molar-refractivity contribution < 1.29 is 0 Å². The first-order valence-electron chi connectivity index (χ1n) is 9.08. The number of hydrogen-bond donors (Lipinski definition) is 1. The molecule has 1 aliphatic rings. The molecule has 27 heavy (non-hydrogen) atoms. The maximum Gasteiger partial charge on any atom is 0.354 e. The minimum atomic E-state index is -0.285. The van der Waals surface area contributed by atoms with Gasteiger partial charge in [-0.3, -0.25) is 4.57 Å². The van der Waals surface area contributed by atoms with Gasteiger partial charge in [0, 0.05) is 23.5 Å². The zero-order valence-corrected chi connectivity index (χ0v) is 15.9. The van der Waals surface area contributed by atoms with E-state index in [1.54, 1.807) is 4.57 Å². The number of nitrogens with one attached hydrogen (secondary N) is 1. The van der Waals surface area contributed by atoms with Crippen LogP contribution in [-0.2, 0) is 7.05 Å². The van der Waals surface area contributed by atoms with Crippen LogP contribution in [0, 0.1) is 6.92 Å². The average Bonchev–Trinajstić information content (AvgIpc) is 3.41. The van der Waals surface area contributed by atoms with Crippen LogP contribution in [0.15, 0.2) is 47.3 Å². The molecule has 1 saturated carbocycles. The van der Waals surface area contributed by atoms with Crippen LogP contribution in [0.4, 0.5) is 5.82 Å². The predicted molar refractivity (Wildman–Crippen MR) is 110 cm³/mol. The largest absolute Gasteiger partial charge is 0.365 e. The molecule has 0 spiro atoms. The lowest BCUT2D eigenvalue weighted by atomic mass is 10.1. The molecule has 0 radical (unpaired) electrons. The first-order chi connectivity index (χ1) is 13.0. The van der Waals surface area contributed by atoms with Crippen LogP contribution < -0.4 is 11.0 Å². The zero-order chi connectivity index (χ0) is 18.7. The Bertz CT molecular complexity index is 1270. The first kappa shape index (κ1) is 16.4. The predicted octanol–water partition coefficient (Wildman–Crippen LogP) is 4.41. The first-order valence-corrected chi connectivity index (χ1v) is 9.45. The van der Waals surface area contributed by atoms with E-state index in [4.69, 9.17) is 11.6 Å². The molecule has 1 N–H and O–H groups in total. The molecule has 2 heterocycles. The lowest BCUT2D eigenvalue weighted by Gasteiger charge is -2.14. The fourth-order valence-electron chi connectivity index (χ4n) is 3.75. The van der Waals surface area contributed by atoms with Crippen molar-refractivity contribution in [2.75, 3.05) is 5.32 Å². The van der Waals surface area contributed by atoms with E-state index in [-0.39, 0.29) is 5.69 Å². The third-order valence-corrected chi connectivity index (χ3v) is 5.49. The van der Waals surface area contributed by atoms with E-state index in [2.05, 4.69) is 14.9 Å². The van der Waals surface area contributed by atoms with Crippen molar-refractivity contribution >= 4 is 39.4 Å². The highest BCUT2D eigenvalue weighted by molar-refractivity contribution is 6.31. The number of rotatable bonds is 3. The third-order valence-electron chi connectivity index (χ3n) is 5.26. The summed E-state index contributed by atoms with van der Waals surface area (Å²) in [5, 5.41) is 5.02. The van der Waals surface area contributed by atoms with E-state index < -0.39 is 0 Å². The van der Waals surface area contributed by atoms with E-state index >= 15 is 0 Å². The molecule has 5 nitrogen and oxygen atoms in total. The molecule has 6 heteroatoms. The number of aromatic nitrogens is 3. The van der Waals surface area contributed by atoms with Crippen molar-refractivity contribution in [3.63, 3.8) is 0 Å². The quantitative estimate of drug-likeness (QED) is 0.574. The topological polar surface area (TPSA) is 51.9 Å². The van der Waals surface area contributed by atoms with E-state index in [1.807, 2.05) is 56.4 Å². The molecule has 0 bridgehead atoms. The van der Waals surface area contributed by atoms with Crippen LogP contribution in [0.5, 0.6) is 0 Å². The van der Waals surface area contributed by atoms with Gasteiger partial charge in [0.2, 0.25) is 0 Å². The second-order valence-electron chi connectivity index (χ2n) is 7.20. The van der Waals surface area contributed by atoms with Gasteiger partial charge in [-0.05, 0) is 49.6 Å². The van der Waals surface area contributed by atoms with E-state index in [0.717, 1.165) is 46.0 Å². The van der Waals surface area contributed by atoms with Crippen molar-refractivity contribution in [3.8, 4) is 5.69 Å². The number of para-hydroxylation sites is 1. The molecule has 0 amide bonds. The molecule has 136 valence electrons. The van der Waals surface area contributed by atoms with Gasteiger partial charge >= 0.3 is 5.69 Å². The molecule has 0 atom stereocenters. The highest BCUT2D eigenvalue weighted by atomic mass is 35.5. The third kappa shape index (κ3) is 2.53. The van der Waals surface area contributed by atoms with E-state index in [1.165, 1.54) is 0 Å². The number of nitrogens with zero attached hydrogens (tertiary/aromatic N) is 3. The Morgan fingerprint density at radius 2 is 1.93 bits per heavy atom. The lowest BCUT2D eigenvalue weighted by Crippen LogP contribution is -2.24. The maximum absolute atomic E-state index is 13.1. The van der Waals surface area contributed by atoms with Gasteiger partial charge in [-0.2, -0.15) is 4.98 Å².